The summed E-state index contributed by atoms with van der Waals surface area (Å²) in [6.07, 6.45) is 0.633. The molecular weight excluding hydrogens is 322 g/mol. The van der Waals surface area contributed by atoms with Gasteiger partial charge in [0.05, 0.1) is 17.0 Å². The van der Waals surface area contributed by atoms with Gasteiger partial charge in [-0.05, 0) is 28.9 Å². The number of hydrogen-bond acceptors (Lipinski definition) is 4. The highest BCUT2D eigenvalue weighted by Crippen LogP contribution is 2.35. The van der Waals surface area contributed by atoms with Crippen molar-refractivity contribution in [2.24, 2.45) is 0 Å². The Hall–Kier alpha value is -0.720. The fourth-order valence-electron chi connectivity index (χ4n) is 1.34. The summed E-state index contributed by atoms with van der Waals surface area (Å²) in [6.45, 7) is 2.05. The van der Waals surface area contributed by atoms with Crippen LogP contribution >= 0.6 is 38.6 Å². The summed E-state index contributed by atoms with van der Waals surface area (Å²) >= 11 is 6.73. The summed E-state index contributed by atoms with van der Waals surface area (Å²) < 4.78 is 1.10. The summed E-state index contributed by atoms with van der Waals surface area (Å²) in [5, 5.41) is 11.5. The number of nitrogens with zero attached hydrogens (tertiary/aromatic N) is 1. The monoisotopic (exact) mass is 331 g/mol. The summed E-state index contributed by atoms with van der Waals surface area (Å²) in [4.78, 5) is 17.3. The van der Waals surface area contributed by atoms with Gasteiger partial charge in [0.25, 0.3) is 0 Å². The van der Waals surface area contributed by atoms with Gasteiger partial charge in [-0.25, -0.2) is 4.98 Å². The molecule has 0 fully saturated rings. The Bertz CT molecular complexity index is 528. The van der Waals surface area contributed by atoms with Crippen LogP contribution in [0.4, 0.5) is 0 Å². The molecule has 17 heavy (non-hydrogen) atoms. The van der Waals surface area contributed by atoms with Gasteiger partial charge in [-0.3, -0.25) is 4.79 Å². The molecule has 2 rings (SSSR count). The molecule has 0 saturated carbocycles. The number of halogens is 1. The molecule has 90 valence electrons. The lowest BCUT2D eigenvalue weighted by atomic mass is 10.2. The first-order valence-electron chi connectivity index (χ1n) is 4.99. The van der Waals surface area contributed by atoms with Gasteiger partial charge < -0.3 is 5.11 Å². The average molecular weight is 332 g/mol. The molecule has 0 saturated heterocycles. The van der Waals surface area contributed by atoms with Crippen LogP contribution in [0.25, 0.3) is 9.88 Å². The van der Waals surface area contributed by atoms with E-state index < -0.39 is 5.97 Å². The van der Waals surface area contributed by atoms with Crippen molar-refractivity contribution in [2.45, 2.75) is 19.8 Å². The van der Waals surface area contributed by atoms with Gasteiger partial charge in [0.2, 0.25) is 0 Å². The van der Waals surface area contributed by atoms with Gasteiger partial charge in [0.15, 0.2) is 0 Å². The first-order valence-corrected chi connectivity index (χ1v) is 7.47. The molecule has 0 aliphatic heterocycles. The van der Waals surface area contributed by atoms with Crippen molar-refractivity contribution >= 4 is 44.6 Å². The van der Waals surface area contributed by atoms with Crippen LogP contribution in [0, 0.1) is 6.92 Å². The topological polar surface area (TPSA) is 50.2 Å². The molecule has 2 aromatic heterocycles. The van der Waals surface area contributed by atoms with Crippen LogP contribution in [0.1, 0.15) is 17.0 Å². The van der Waals surface area contributed by atoms with E-state index in [2.05, 4.69) is 33.9 Å². The number of carboxylic acids is 1. The van der Waals surface area contributed by atoms with E-state index in [1.807, 2.05) is 5.38 Å². The minimum atomic E-state index is -0.783. The third kappa shape index (κ3) is 3.14. The predicted octanol–water partition coefficient (Wildman–Crippen LogP) is 3.96. The minimum absolute atomic E-state index is 0.135. The summed E-state index contributed by atoms with van der Waals surface area (Å²) in [7, 11) is 0. The Morgan fingerprint density at radius 1 is 1.59 bits per heavy atom. The lowest BCUT2D eigenvalue weighted by Crippen LogP contribution is -1.97. The summed E-state index contributed by atoms with van der Waals surface area (Å²) in [5.41, 5.74) is 0.856. The Balaban J connectivity index is 2.15. The van der Waals surface area contributed by atoms with Crippen LogP contribution in [-0.4, -0.2) is 16.1 Å². The van der Waals surface area contributed by atoms with E-state index in [-0.39, 0.29) is 6.42 Å². The van der Waals surface area contributed by atoms with E-state index in [4.69, 9.17) is 5.11 Å². The van der Waals surface area contributed by atoms with E-state index in [1.54, 1.807) is 22.7 Å². The smallest absolute Gasteiger partial charge is 0.303 e. The number of thiazole rings is 1. The molecule has 0 aromatic carbocycles. The van der Waals surface area contributed by atoms with Gasteiger partial charge in [0.1, 0.15) is 5.01 Å². The molecular formula is C11H10BrNO2S2. The van der Waals surface area contributed by atoms with Crippen molar-refractivity contribution in [1.82, 2.24) is 4.98 Å². The number of aryl methyl sites for hydroxylation is 2. The molecule has 0 bridgehead atoms. The molecule has 0 aliphatic carbocycles. The van der Waals surface area contributed by atoms with Gasteiger partial charge >= 0.3 is 5.97 Å². The van der Waals surface area contributed by atoms with E-state index in [1.165, 1.54) is 4.88 Å². The van der Waals surface area contributed by atoms with E-state index in [9.17, 15) is 4.79 Å². The fraction of sp³-hybridized carbons (Fsp3) is 0.273. The van der Waals surface area contributed by atoms with Crippen LogP contribution in [0.3, 0.4) is 0 Å². The first kappa shape index (κ1) is 12.7. The lowest BCUT2D eigenvalue weighted by Gasteiger charge is -1.91. The lowest BCUT2D eigenvalue weighted by molar-refractivity contribution is -0.136. The molecule has 0 atom stereocenters. The highest BCUT2D eigenvalue weighted by Gasteiger charge is 2.10. The first-order chi connectivity index (χ1) is 8.06. The number of carboxylic acid groups (broad SMARTS) is 1. The number of rotatable bonds is 4. The standard InChI is InChI=1S/C11H10BrNO2S2/c1-6-8(12)4-9(17-6)11-13-7(5-16-11)2-3-10(14)15/h4-5H,2-3H2,1H3,(H,14,15). The molecule has 1 N–H and O–H groups in total. The molecule has 0 aliphatic rings. The fourth-order valence-corrected chi connectivity index (χ4v) is 3.79. The highest BCUT2D eigenvalue weighted by molar-refractivity contribution is 9.10. The van der Waals surface area contributed by atoms with Crippen molar-refractivity contribution < 1.29 is 9.90 Å². The SMILES string of the molecule is Cc1sc(-c2nc(CCC(=O)O)cs2)cc1Br. The van der Waals surface area contributed by atoms with Gasteiger partial charge in [-0.15, -0.1) is 22.7 Å². The molecule has 0 radical (unpaired) electrons. The zero-order chi connectivity index (χ0) is 12.4. The maximum absolute atomic E-state index is 10.5. The van der Waals surface area contributed by atoms with Crippen LogP contribution in [0.5, 0.6) is 0 Å². The predicted molar refractivity (Wildman–Crippen MR) is 73.8 cm³/mol. The molecule has 0 unspecified atom stereocenters. The van der Waals surface area contributed by atoms with Crippen LogP contribution < -0.4 is 0 Å². The summed E-state index contributed by atoms with van der Waals surface area (Å²) in [5.74, 6) is -0.783. The number of carbonyl (C=O) groups is 1. The van der Waals surface area contributed by atoms with Gasteiger partial charge in [0, 0.05) is 21.2 Å². The molecule has 2 aromatic rings. The van der Waals surface area contributed by atoms with Crippen LogP contribution in [0.15, 0.2) is 15.9 Å². The molecule has 2 heterocycles. The van der Waals surface area contributed by atoms with Crippen molar-refractivity contribution in [3.8, 4) is 9.88 Å². The largest absolute Gasteiger partial charge is 0.481 e. The van der Waals surface area contributed by atoms with E-state index in [0.29, 0.717) is 6.42 Å². The number of aliphatic carboxylic acids is 1. The van der Waals surface area contributed by atoms with Crippen LogP contribution in [0.2, 0.25) is 0 Å². The van der Waals surface area contributed by atoms with Crippen LogP contribution in [-0.2, 0) is 11.2 Å². The Morgan fingerprint density at radius 3 is 2.94 bits per heavy atom. The normalized spacial score (nSPS) is 10.7. The van der Waals surface area contributed by atoms with Gasteiger partial charge in [-0.1, -0.05) is 0 Å². The molecule has 3 nitrogen and oxygen atoms in total. The molecule has 0 amide bonds. The third-order valence-corrected chi connectivity index (χ3v) is 5.41. The number of aromatic nitrogens is 1. The van der Waals surface area contributed by atoms with Crippen molar-refractivity contribution in [3.63, 3.8) is 0 Å². The average Bonchev–Trinajstić information content (AvgIpc) is 2.84. The molecule has 6 heteroatoms. The van der Waals surface area contributed by atoms with Crippen molar-refractivity contribution in [2.75, 3.05) is 0 Å². The zero-order valence-electron chi connectivity index (χ0n) is 9.07. The summed E-state index contributed by atoms with van der Waals surface area (Å²) in [6, 6.07) is 2.06. The van der Waals surface area contributed by atoms with Gasteiger partial charge in [-0.2, -0.15) is 0 Å². The van der Waals surface area contributed by atoms with E-state index >= 15 is 0 Å². The quantitative estimate of drug-likeness (QED) is 0.922. The zero-order valence-corrected chi connectivity index (χ0v) is 12.3. The number of thiophene rings is 1. The minimum Gasteiger partial charge on any atom is -0.481 e. The second-order valence-electron chi connectivity index (χ2n) is 3.55. The molecule has 0 spiro atoms. The Labute approximate surface area is 115 Å². The van der Waals surface area contributed by atoms with E-state index in [0.717, 1.165) is 20.1 Å². The second kappa shape index (κ2) is 5.29. The number of hydrogen-bond donors (Lipinski definition) is 1. The Morgan fingerprint density at radius 2 is 2.35 bits per heavy atom. The third-order valence-electron chi connectivity index (χ3n) is 2.21. The second-order valence-corrected chi connectivity index (χ2v) is 6.52. The van der Waals surface area contributed by atoms with Crippen molar-refractivity contribution in [1.29, 1.82) is 0 Å². The highest BCUT2D eigenvalue weighted by atomic mass is 79.9. The maximum atomic E-state index is 10.5. The van der Waals surface area contributed by atoms with Crippen molar-refractivity contribution in [3.05, 3.63) is 26.5 Å². The Kier molecular flexibility index (Phi) is 3.96. The maximum Gasteiger partial charge on any atom is 0.303 e.